The van der Waals surface area contributed by atoms with E-state index in [-0.39, 0.29) is 5.54 Å². The molecule has 1 N–H and O–H groups in total. The van der Waals surface area contributed by atoms with Gasteiger partial charge in [-0.05, 0) is 27.2 Å². The maximum atomic E-state index is 11.8. The maximum Gasteiger partial charge on any atom is 0.223 e. The minimum Gasteiger partial charge on any atom is -0.386 e. The van der Waals surface area contributed by atoms with E-state index < -0.39 is 7.37 Å². The van der Waals surface area contributed by atoms with Crippen molar-refractivity contribution in [2.24, 2.45) is 0 Å². The molecule has 0 spiro atoms. The molecule has 90 valence electrons. The summed E-state index contributed by atoms with van der Waals surface area (Å²) in [5.74, 6) is 1.63. The van der Waals surface area contributed by atoms with E-state index in [9.17, 15) is 4.57 Å². The molecule has 0 aromatic heterocycles. The van der Waals surface area contributed by atoms with E-state index in [1.165, 1.54) is 0 Å². The van der Waals surface area contributed by atoms with E-state index in [4.69, 9.17) is 4.52 Å². The molecule has 0 saturated heterocycles. The zero-order valence-electron chi connectivity index (χ0n) is 10.5. The molecule has 15 heavy (non-hydrogen) atoms. The van der Waals surface area contributed by atoms with Gasteiger partial charge in [0, 0.05) is 24.2 Å². The predicted octanol–water partition coefficient (Wildman–Crippen LogP) is 3.57. The molecule has 1 atom stereocenters. The van der Waals surface area contributed by atoms with Crippen LogP contribution in [0.25, 0.3) is 0 Å². The molecule has 4 heteroatoms. The van der Waals surface area contributed by atoms with Crippen LogP contribution in [0, 0.1) is 0 Å². The van der Waals surface area contributed by atoms with Crippen molar-refractivity contribution < 1.29 is 9.09 Å². The summed E-state index contributed by atoms with van der Waals surface area (Å²) in [7, 11) is -2.55. The first kappa shape index (κ1) is 14.7. The molecule has 0 amide bonds. The lowest BCUT2D eigenvalue weighted by Crippen LogP contribution is -2.30. The average molecular weight is 233 g/mol. The summed E-state index contributed by atoms with van der Waals surface area (Å²) in [6.45, 7) is 10.5. The fourth-order valence-corrected chi connectivity index (χ4v) is 1.78. The highest BCUT2D eigenvalue weighted by molar-refractivity contribution is 7.61. The number of hydrogen-bond acceptors (Lipinski definition) is 3. The molecule has 0 aliphatic carbocycles. The molecule has 0 radical (unpaired) electrons. The SMILES string of the molecule is CCCCOP(C)(=O)/C=C/NC(C)(C)C. The van der Waals surface area contributed by atoms with Gasteiger partial charge in [0.1, 0.15) is 0 Å². The smallest absolute Gasteiger partial charge is 0.223 e. The Bertz CT molecular complexity index is 243. The second-order valence-corrected chi connectivity index (χ2v) is 7.18. The minimum absolute atomic E-state index is 0.0000808. The van der Waals surface area contributed by atoms with Crippen LogP contribution in [0.1, 0.15) is 40.5 Å². The van der Waals surface area contributed by atoms with Crippen molar-refractivity contribution in [3.8, 4) is 0 Å². The Hall–Kier alpha value is -0.270. The summed E-state index contributed by atoms with van der Waals surface area (Å²) in [4.78, 5) is 0. The van der Waals surface area contributed by atoms with Gasteiger partial charge in [-0.2, -0.15) is 0 Å². The van der Waals surface area contributed by atoms with Crippen LogP contribution in [0.2, 0.25) is 0 Å². The van der Waals surface area contributed by atoms with Crippen LogP contribution in [0.3, 0.4) is 0 Å². The van der Waals surface area contributed by atoms with Gasteiger partial charge in [-0.25, -0.2) is 0 Å². The molecule has 0 rings (SSSR count). The third kappa shape index (κ3) is 10.0. The highest BCUT2D eigenvalue weighted by atomic mass is 31.2. The monoisotopic (exact) mass is 233 g/mol. The third-order valence-corrected chi connectivity index (χ3v) is 3.09. The van der Waals surface area contributed by atoms with E-state index in [0.717, 1.165) is 12.8 Å². The molecule has 0 saturated carbocycles. The van der Waals surface area contributed by atoms with Crippen LogP contribution in [0.15, 0.2) is 12.0 Å². The number of unbranched alkanes of at least 4 members (excludes halogenated alkanes) is 1. The van der Waals surface area contributed by atoms with Crippen molar-refractivity contribution in [2.45, 2.75) is 46.1 Å². The zero-order valence-corrected chi connectivity index (χ0v) is 11.4. The van der Waals surface area contributed by atoms with Crippen LogP contribution in [-0.4, -0.2) is 18.8 Å². The van der Waals surface area contributed by atoms with Gasteiger partial charge >= 0.3 is 0 Å². The molecule has 0 aliphatic heterocycles. The van der Waals surface area contributed by atoms with E-state index in [1.807, 2.05) is 0 Å². The first-order chi connectivity index (χ1) is 6.77. The Labute approximate surface area is 93.7 Å². The van der Waals surface area contributed by atoms with E-state index >= 15 is 0 Å². The van der Waals surface area contributed by atoms with Crippen LogP contribution >= 0.6 is 7.37 Å². The lowest BCUT2D eigenvalue weighted by molar-refractivity contribution is 0.315. The van der Waals surface area contributed by atoms with Crippen molar-refractivity contribution >= 4 is 7.37 Å². The Morgan fingerprint density at radius 1 is 1.40 bits per heavy atom. The normalized spacial score (nSPS) is 16.6. The largest absolute Gasteiger partial charge is 0.386 e. The van der Waals surface area contributed by atoms with E-state index in [1.54, 1.807) is 18.7 Å². The highest BCUT2D eigenvalue weighted by Gasteiger charge is 2.11. The lowest BCUT2D eigenvalue weighted by atomic mass is 10.1. The summed E-state index contributed by atoms with van der Waals surface area (Å²) in [6, 6.07) is 0. The molecule has 0 aromatic rings. The van der Waals surface area contributed by atoms with Crippen molar-refractivity contribution in [2.75, 3.05) is 13.3 Å². The van der Waals surface area contributed by atoms with Gasteiger partial charge < -0.3 is 9.84 Å². The predicted molar refractivity (Wildman–Crippen MR) is 66.4 cm³/mol. The van der Waals surface area contributed by atoms with Gasteiger partial charge in [0.15, 0.2) is 0 Å². The maximum absolute atomic E-state index is 11.8. The van der Waals surface area contributed by atoms with Crippen LogP contribution < -0.4 is 5.32 Å². The molecule has 0 aromatic carbocycles. The van der Waals surface area contributed by atoms with Crippen molar-refractivity contribution in [3.05, 3.63) is 12.0 Å². The topological polar surface area (TPSA) is 38.3 Å². The summed E-state index contributed by atoms with van der Waals surface area (Å²) in [6.07, 6.45) is 3.75. The van der Waals surface area contributed by atoms with Gasteiger partial charge in [0.25, 0.3) is 0 Å². The summed E-state index contributed by atoms with van der Waals surface area (Å²) >= 11 is 0. The van der Waals surface area contributed by atoms with Gasteiger partial charge in [-0.3, -0.25) is 4.57 Å². The van der Waals surface area contributed by atoms with Crippen molar-refractivity contribution in [3.63, 3.8) is 0 Å². The molecule has 1 unspecified atom stereocenters. The second kappa shape index (κ2) is 6.34. The van der Waals surface area contributed by atoms with Crippen molar-refractivity contribution in [1.82, 2.24) is 5.32 Å². The minimum atomic E-state index is -2.55. The second-order valence-electron chi connectivity index (χ2n) is 4.81. The quantitative estimate of drug-likeness (QED) is 0.563. The van der Waals surface area contributed by atoms with E-state index in [2.05, 4.69) is 33.0 Å². The van der Waals surface area contributed by atoms with Crippen LogP contribution in [0.5, 0.6) is 0 Å². The zero-order chi connectivity index (χ0) is 11.9. The summed E-state index contributed by atoms with van der Waals surface area (Å²) < 4.78 is 17.1. The number of nitrogens with one attached hydrogen (secondary N) is 1. The van der Waals surface area contributed by atoms with Gasteiger partial charge in [0.2, 0.25) is 7.37 Å². The molecule has 0 bridgehead atoms. The Kier molecular flexibility index (Phi) is 6.23. The van der Waals surface area contributed by atoms with E-state index in [0.29, 0.717) is 6.61 Å². The third-order valence-electron chi connectivity index (χ3n) is 1.71. The Morgan fingerprint density at radius 2 is 2.00 bits per heavy atom. The number of hydrogen-bond donors (Lipinski definition) is 1. The molecule has 0 heterocycles. The molecule has 0 aliphatic rings. The highest BCUT2D eigenvalue weighted by Crippen LogP contribution is 2.44. The number of rotatable bonds is 6. The Balaban J connectivity index is 3.97. The fourth-order valence-electron chi connectivity index (χ4n) is 0.856. The summed E-state index contributed by atoms with van der Waals surface area (Å²) in [5.41, 5.74) is -0.0000808. The average Bonchev–Trinajstić information content (AvgIpc) is 2.01. The van der Waals surface area contributed by atoms with Crippen LogP contribution in [0.4, 0.5) is 0 Å². The van der Waals surface area contributed by atoms with Crippen molar-refractivity contribution in [1.29, 1.82) is 0 Å². The Morgan fingerprint density at radius 3 is 2.47 bits per heavy atom. The fraction of sp³-hybridized carbons (Fsp3) is 0.818. The van der Waals surface area contributed by atoms with Gasteiger partial charge in [-0.15, -0.1) is 0 Å². The van der Waals surface area contributed by atoms with Gasteiger partial charge in [-0.1, -0.05) is 13.3 Å². The molecular formula is C11H24NO2P. The first-order valence-corrected chi connectivity index (χ1v) is 7.58. The summed E-state index contributed by atoms with van der Waals surface area (Å²) in [5, 5.41) is 3.14. The standard InChI is InChI=1S/C11H24NO2P/c1-6-7-9-14-15(5,13)10-8-12-11(2,3)4/h8,10,12H,6-7,9H2,1-5H3/b10-8+. The van der Waals surface area contributed by atoms with Crippen LogP contribution in [-0.2, 0) is 9.09 Å². The lowest BCUT2D eigenvalue weighted by Gasteiger charge is -2.19. The van der Waals surface area contributed by atoms with Gasteiger partial charge in [0.05, 0.1) is 6.61 Å². The molecule has 0 fully saturated rings. The molecule has 3 nitrogen and oxygen atoms in total. The first-order valence-electron chi connectivity index (χ1n) is 5.44. The molecular weight excluding hydrogens is 209 g/mol.